The first-order valence-electron chi connectivity index (χ1n) is 10.9. The Morgan fingerprint density at radius 1 is 0.853 bits per heavy atom. The van der Waals surface area contributed by atoms with Gasteiger partial charge in [0.25, 0.3) is 5.91 Å². The summed E-state index contributed by atoms with van der Waals surface area (Å²) in [4.78, 5) is 12.4. The van der Waals surface area contributed by atoms with Crippen LogP contribution in [-0.4, -0.2) is 33.7 Å². The van der Waals surface area contributed by atoms with E-state index in [-0.39, 0.29) is 12.5 Å². The number of benzene rings is 4. The summed E-state index contributed by atoms with van der Waals surface area (Å²) < 4.78 is 32.0. The second-order valence-corrected chi connectivity index (χ2v) is 9.82. The van der Waals surface area contributed by atoms with Gasteiger partial charge in [0, 0.05) is 5.56 Å². The van der Waals surface area contributed by atoms with Crippen molar-refractivity contribution in [3.63, 3.8) is 0 Å². The van der Waals surface area contributed by atoms with Gasteiger partial charge in [-0.1, -0.05) is 60.7 Å². The van der Waals surface area contributed by atoms with Crippen LogP contribution in [0.15, 0.2) is 97.1 Å². The second kappa shape index (κ2) is 10.4. The number of hydrogen-bond donors (Lipinski definition) is 1. The number of anilines is 1. The fourth-order valence-electron chi connectivity index (χ4n) is 3.61. The third-order valence-corrected chi connectivity index (χ3v) is 6.50. The number of ether oxygens (including phenoxy) is 1. The molecule has 7 heteroatoms. The monoisotopic (exact) mass is 474 g/mol. The van der Waals surface area contributed by atoms with Crippen LogP contribution >= 0.6 is 0 Å². The van der Waals surface area contributed by atoms with Crippen LogP contribution in [0.2, 0.25) is 0 Å². The Bertz CT molecular complexity index is 1370. The third-order valence-electron chi connectivity index (χ3n) is 5.36. The predicted octanol–water partition coefficient (Wildman–Crippen LogP) is 4.61. The van der Waals surface area contributed by atoms with E-state index in [0.717, 1.165) is 22.1 Å². The van der Waals surface area contributed by atoms with Crippen LogP contribution in [0.1, 0.15) is 15.9 Å². The van der Waals surface area contributed by atoms with Crippen molar-refractivity contribution in [2.24, 2.45) is 0 Å². The van der Waals surface area contributed by atoms with Gasteiger partial charge in [0.1, 0.15) is 12.4 Å². The molecule has 0 heterocycles. The van der Waals surface area contributed by atoms with E-state index < -0.39 is 10.0 Å². The first kappa shape index (κ1) is 23.3. The van der Waals surface area contributed by atoms with Gasteiger partial charge in [-0.25, -0.2) is 8.42 Å². The van der Waals surface area contributed by atoms with Gasteiger partial charge in [-0.3, -0.25) is 9.10 Å². The molecule has 0 unspecified atom stereocenters. The number of carbonyl (C=O) groups excluding carboxylic acids is 1. The SMILES string of the molecule is CS(=O)(=O)N(Cc1ccc(C(=O)NCCOc2ccccc2)cc1)c1ccc2ccccc2c1. The van der Waals surface area contributed by atoms with Crippen molar-refractivity contribution in [3.8, 4) is 5.75 Å². The van der Waals surface area contributed by atoms with E-state index in [9.17, 15) is 13.2 Å². The molecular weight excluding hydrogens is 448 g/mol. The molecule has 4 aromatic carbocycles. The van der Waals surface area contributed by atoms with Crippen molar-refractivity contribution in [2.75, 3.05) is 23.7 Å². The quantitative estimate of drug-likeness (QED) is 0.359. The van der Waals surface area contributed by atoms with Gasteiger partial charge >= 0.3 is 0 Å². The maximum absolute atomic E-state index is 12.5. The highest BCUT2D eigenvalue weighted by Crippen LogP contribution is 2.25. The number of sulfonamides is 1. The van der Waals surface area contributed by atoms with Crippen molar-refractivity contribution < 1.29 is 17.9 Å². The highest BCUT2D eigenvalue weighted by Gasteiger charge is 2.18. The lowest BCUT2D eigenvalue weighted by molar-refractivity contribution is 0.0947. The number of nitrogens with zero attached hydrogens (tertiary/aromatic N) is 1. The Kier molecular flexibility index (Phi) is 7.13. The molecule has 174 valence electrons. The summed E-state index contributed by atoms with van der Waals surface area (Å²) in [6, 6.07) is 29.8. The Balaban J connectivity index is 1.39. The van der Waals surface area contributed by atoms with E-state index in [1.807, 2.05) is 72.8 Å². The Morgan fingerprint density at radius 2 is 1.53 bits per heavy atom. The molecule has 0 radical (unpaired) electrons. The number of carbonyl (C=O) groups is 1. The number of amides is 1. The lowest BCUT2D eigenvalue weighted by Gasteiger charge is -2.23. The normalized spacial score (nSPS) is 11.2. The first-order valence-corrected chi connectivity index (χ1v) is 12.8. The lowest BCUT2D eigenvalue weighted by atomic mass is 10.1. The Hall–Kier alpha value is -3.84. The number of para-hydroxylation sites is 1. The highest BCUT2D eigenvalue weighted by molar-refractivity contribution is 7.92. The summed E-state index contributed by atoms with van der Waals surface area (Å²) in [5.41, 5.74) is 1.88. The topological polar surface area (TPSA) is 75.7 Å². The second-order valence-electron chi connectivity index (χ2n) is 7.92. The minimum atomic E-state index is -3.51. The summed E-state index contributed by atoms with van der Waals surface area (Å²) in [5, 5.41) is 4.84. The maximum Gasteiger partial charge on any atom is 0.251 e. The van der Waals surface area contributed by atoms with Crippen LogP contribution in [0, 0.1) is 0 Å². The zero-order valence-corrected chi connectivity index (χ0v) is 19.7. The molecule has 4 rings (SSSR count). The fourth-order valence-corrected chi connectivity index (χ4v) is 4.49. The average molecular weight is 475 g/mol. The van der Waals surface area contributed by atoms with Gasteiger partial charge in [-0.2, -0.15) is 0 Å². The molecular formula is C27H26N2O4S. The molecule has 0 spiro atoms. The molecule has 0 bridgehead atoms. The Labute approximate surface area is 199 Å². The molecule has 1 N–H and O–H groups in total. The van der Waals surface area contributed by atoms with E-state index in [2.05, 4.69) is 5.32 Å². The summed E-state index contributed by atoms with van der Waals surface area (Å²) in [5.74, 6) is 0.542. The molecule has 0 aliphatic rings. The van der Waals surface area contributed by atoms with Gasteiger partial charge in [0.2, 0.25) is 10.0 Å². The Morgan fingerprint density at radius 3 is 2.24 bits per heavy atom. The fraction of sp³-hybridized carbons (Fsp3) is 0.148. The summed E-state index contributed by atoms with van der Waals surface area (Å²) >= 11 is 0. The standard InChI is InChI=1S/C27H26N2O4S/c1-34(31,32)29(25-16-15-22-7-5-6-8-24(22)19-25)20-21-11-13-23(14-12-21)27(30)28-17-18-33-26-9-3-2-4-10-26/h2-16,19H,17-18,20H2,1H3,(H,28,30). The van der Waals surface area contributed by atoms with Gasteiger partial charge in [0.05, 0.1) is 25.0 Å². The molecule has 0 saturated carbocycles. The molecule has 0 aliphatic carbocycles. The predicted molar refractivity (Wildman–Crippen MR) is 136 cm³/mol. The molecule has 34 heavy (non-hydrogen) atoms. The van der Waals surface area contributed by atoms with Crippen LogP contribution in [-0.2, 0) is 16.6 Å². The molecule has 0 atom stereocenters. The van der Waals surface area contributed by atoms with E-state index in [0.29, 0.717) is 24.4 Å². The molecule has 0 fully saturated rings. The first-order chi connectivity index (χ1) is 16.4. The van der Waals surface area contributed by atoms with Crippen LogP contribution in [0.4, 0.5) is 5.69 Å². The van der Waals surface area contributed by atoms with Crippen LogP contribution in [0.5, 0.6) is 5.75 Å². The van der Waals surface area contributed by atoms with Crippen LogP contribution < -0.4 is 14.4 Å². The largest absolute Gasteiger partial charge is 0.492 e. The van der Waals surface area contributed by atoms with Crippen LogP contribution in [0.3, 0.4) is 0 Å². The van der Waals surface area contributed by atoms with E-state index in [1.165, 1.54) is 10.6 Å². The molecule has 4 aromatic rings. The highest BCUT2D eigenvalue weighted by atomic mass is 32.2. The van der Waals surface area contributed by atoms with Gasteiger partial charge in [-0.05, 0) is 52.7 Å². The van der Waals surface area contributed by atoms with Gasteiger partial charge in [0.15, 0.2) is 0 Å². The maximum atomic E-state index is 12.5. The van der Waals surface area contributed by atoms with Crippen molar-refractivity contribution in [1.29, 1.82) is 0 Å². The minimum absolute atomic E-state index is 0.171. The average Bonchev–Trinajstić information content (AvgIpc) is 2.85. The number of fused-ring (bicyclic) bond motifs is 1. The third kappa shape index (κ3) is 5.94. The van der Waals surface area contributed by atoms with Crippen LogP contribution in [0.25, 0.3) is 10.8 Å². The van der Waals surface area contributed by atoms with E-state index >= 15 is 0 Å². The van der Waals surface area contributed by atoms with Crippen molar-refractivity contribution in [3.05, 3.63) is 108 Å². The van der Waals surface area contributed by atoms with Crippen molar-refractivity contribution >= 4 is 32.4 Å². The number of rotatable bonds is 9. The molecule has 0 aliphatic heterocycles. The van der Waals surface area contributed by atoms with Crippen molar-refractivity contribution in [2.45, 2.75) is 6.54 Å². The summed E-state index contributed by atoms with van der Waals surface area (Å²) in [7, 11) is -3.51. The molecule has 0 aromatic heterocycles. The zero-order valence-electron chi connectivity index (χ0n) is 18.8. The van der Waals surface area contributed by atoms with E-state index in [4.69, 9.17) is 4.74 Å². The molecule has 1 amide bonds. The zero-order chi connectivity index (χ0) is 24.0. The van der Waals surface area contributed by atoms with Gasteiger partial charge in [-0.15, -0.1) is 0 Å². The summed E-state index contributed by atoms with van der Waals surface area (Å²) in [6.45, 7) is 0.909. The van der Waals surface area contributed by atoms with Crippen molar-refractivity contribution in [1.82, 2.24) is 5.32 Å². The molecule has 6 nitrogen and oxygen atoms in total. The van der Waals surface area contributed by atoms with Gasteiger partial charge < -0.3 is 10.1 Å². The molecule has 0 saturated heterocycles. The summed E-state index contributed by atoms with van der Waals surface area (Å²) in [6.07, 6.45) is 1.20. The smallest absolute Gasteiger partial charge is 0.251 e. The number of nitrogens with one attached hydrogen (secondary N) is 1. The lowest BCUT2D eigenvalue weighted by Crippen LogP contribution is -2.29. The number of hydrogen-bond acceptors (Lipinski definition) is 4. The van der Waals surface area contributed by atoms with E-state index in [1.54, 1.807) is 24.3 Å². The minimum Gasteiger partial charge on any atom is -0.492 e.